The summed E-state index contributed by atoms with van der Waals surface area (Å²) in [7, 11) is 0. The summed E-state index contributed by atoms with van der Waals surface area (Å²) in [6.07, 6.45) is 9.32. The summed E-state index contributed by atoms with van der Waals surface area (Å²) in [6, 6.07) is 0. The minimum absolute atomic E-state index is 0.104. The molecule has 0 radical (unpaired) electrons. The molecule has 1 heteroatoms. The van der Waals surface area contributed by atoms with Gasteiger partial charge in [0.2, 0.25) is 0 Å². The topological polar surface area (TPSA) is 20.2 Å². The summed E-state index contributed by atoms with van der Waals surface area (Å²) in [5, 5.41) is 9.66. The zero-order valence-electron chi connectivity index (χ0n) is 9.13. The van der Waals surface area contributed by atoms with Gasteiger partial charge < -0.3 is 5.11 Å². The molecule has 1 nitrogen and oxygen atoms in total. The van der Waals surface area contributed by atoms with Gasteiger partial charge in [0.15, 0.2) is 0 Å². The third kappa shape index (κ3) is 3.30. The van der Waals surface area contributed by atoms with Crippen LogP contribution < -0.4 is 0 Å². The molecule has 0 saturated heterocycles. The molecule has 2 unspecified atom stereocenters. The molecule has 0 aromatic carbocycles. The first kappa shape index (κ1) is 11.0. The van der Waals surface area contributed by atoms with Crippen molar-refractivity contribution in [2.75, 3.05) is 0 Å². The van der Waals surface area contributed by atoms with Gasteiger partial charge in [-0.1, -0.05) is 51.9 Å². The summed E-state index contributed by atoms with van der Waals surface area (Å²) in [6.45, 7) is 4.17. The lowest BCUT2D eigenvalue weighted by molar-refractivity contribution is 0.0785. The van der Waals surface area contributed by atoms with Gasteiger partial charge in [-0.05, 0) is 18.8 Å². The van der Waals surface area contributed by atoms with Crippen LogP contribution in [0.5, 0.6) is 0 Å². The van der Waals surface area contributed by atoms with E-state index in [0.717, 1.165) is 12.3 Å². The van der Waals surface area contributed by atoms with Crippen molar-refractivity contribution in [1.29, 1.82) is 0 Å². The second kappa shape index (κ2) is 5.64. The van der Waals surface area contributed by atoms with Crippen molar-refractivity contribution < 1.29 is 5.11 Å². The van der Waals surface area contributed by atoms with E-state index in [1.54, 1.807) is 0 Å². The third-order valence-electron chi connectivity index (χ3n) is 3.60. The summed E-state index contributed by atoms with van der Waals surface area (Å²) < 4.78 is 0. The van der Waals surface area contributed by atoms with Crippen molar-refractivity contribution >= 4 is 0 Å². The van der Waals surface area contributed by atoms with Crippen molar-refractivity contribution in [3.8, 4) is 0 Å². The molecule has 78 valence electrons. The lowest BCUT2D eigenvalue weighted by Crippen LogP contribution is -2.24. The normalized spacial score (nSPS) is 25.2. The Hall–Kier alpha value is -0.0400. The molecular formula is C12H24O. The Labute approximate surface area is 82.5 Å². The minimum atomic E-state index is -0.104. The summed E-state index contributed by atoms with van der Waals surface area (Å²) in [5.74, 6) is 1.35. The molecular weight excluding hydrogens is 160 g/mol. The molecule has 1 N–H and O–H groups in total. The van der Waals surface area contributed by atoms with Crippen LogP contribution in [0, 0.1) is 11.8 Å². The standard InChI is InChI=1S/C12H24O/c1-3-12(10(2)13)11-8-6-4-5-7-9-11/h10-13H,3-9H2,1-2H3. The molecule has 0 spiro atoms. The Morgan fingerprint density at radius 3 is 2.08 bits per heavy atom. The van der Waals surface area contributed by atoms with Gasteiger partial charge in [0.1, 0.15) is 0 Å². The van der Waals surface area contributed by atoms with Crippen molar-refractivity contribution in [3.05, 3.63) is 0 Å². The fourth-order valence-electron chi connectivity index (χ4n) is 2.81. The van der Waals surface area contributed by atoms with Crippen LogP contribution in [-0.4, -0.2) is 11.2 Å². The smallest absolute Gasteiger partial charge is 0.0542 e. The molecule has 0 aromatic rings. The first-order valence-corrected chi connectivity index (χ1v) is 5.93. The van der Waals surface area contributed by atoms with Crippen LogP contribution in [0.25, 0.3) is 0 Å². The van der Waals surface area contributed by atoms with Crippen LogP contribution >= 0.6 is 0 Å². The first-order chi connectivity index (χ1) is 6.25. The predicted octanol–water partition coefficient (Wildman–Crippen LogP) is 3.36. The summed E-state index contributed by atoms with van der Waals surface area (Å²) in [4.78, 5) is 0. The lowest BCUT2D eigenvalue weighted by Gasteiger charge is -2.27. The summed E-state index contributed by atoms with van der Waals surface area (Å²) in [5.41, 5.74) is 0. The monoisotopic (exact) mass is 184 g/mol. The molecule has 1 rings (SSSR count). The van der Waals surface area contributed by atoms with Crippen molar-refractivity contribution in [2.45, 2.75) is 64.9 Å². The maximum atomic E-state index is 9.66. The van der Waals surface area contributed by atoms with E-state index in [9.17, 15) is 5.11 Å². The van der Waals surface area contributed by atoms with Gasteiger partial charge in [-0.3, -0.25) is 0 Å². The van der Waals surface area contributed by atoms with Crippen molar-refractivity contribution in [2.24, 2.45) is 11.8 Å². The zero-order valence-corrected chi connectivity index (χ0v) is 9.13. The second-order valence-electron chi connectivity index (χ2n) is 4.56. The van der Waals surface area contributed by atoms with E-state index in [1.807, 2.05) is 6.92 Å². The van der Waals surface area contributed by atoms with Gasteiger partial charge in [-0.2, -0.15) is 0 Å². The Bertz CT molecular complexity index is 123. The van der Waals surface area contributed by atoms with E-state index in [0.29, 0.717) is 5.92 Å². The molecule has 0 aromatic heterocycles. The van der Waals surface area contributed by atoms with Gasteiger partial charge in [-0.15, -0.1) is 0 Å². The maximum absolute atomic E-state index is 9.66. The highest BCUT2D eigenvalue weighted by Gasteiger charge is 2.24. The van der Waals surface area contributed by atoms with Gasteiger partial charge in [0.25, 0.3) is 0 Å². The van der Waals surface area contributed by atoms with Crippen LogP contribution in [-0.2, 0) is 0 Å². The predicted molar refractivity (Wildman–Crippen MR) is 56.7 cm³/mol. The van der Waals surface area contributed by atoms with Gasteiger partial charge in [-0.25, -0.2) is 0 Å². The first-order valence-electron chi connectivity index (χ1n) is 5.93. The van der Waals surface area contributed by atoms with Crippen LogP contribution in [0.4, 0.5) is 0 Å². The van der Waals surface area contributed by atoms with E-state index >= 15 is 0 Å². The van der Waals surface area contributed by atoms with E-state index in [2.05, 4.69) is 6.92 Å². The lowest BCUT2D eigenvalue weighted by atomic mass is 9.81. The van der Waals surface area contributed by atoms with Crippen LogP contribution in [0.15, 0.2) is 0 Å². The Morgan fingerprint density at radius 1 is 1.15 bits per heavy atom. The van der Waals surface area contributed by atoms with E-state index in [4.69, 9.17) is 0 Å². The zero-order chi connectivity index (χ0) is 9.68. The van der Waals surface area contributed by atoms with Crippen LogP contribution in [0.3, 0.4) is 0 Å². The molecule has 0 amide bonds. The fraction of sp³-hybridized carbons (Fsp3) is 1.00. The van der Waals surface area contributed by atoms with E-state index in [-0.39, 0.29) is 6.10 Å². The number of hydrogen-bond acceptors (Lipinski definition) is 1. The van der Waals surface area contributed by atoms with Gasteiger partial charge in [0.05, 0.1) is 6.10 Å². The minimum Gasteiger partial charge on any atom is -0.393 e. The third-order valence-corrected chi connectivity index (χ3v) is 3.60. The van der Waals surface area contributed by atoms with Gasteiger partial charge >= 0.3 is 0 Å². The molecule has 1 saturated carbocycles. The highest BCUT2D eigenvalue weighted by Crippen LogP contribution is 2.32. The van der Waals surface area contributed by atoms with Crippen LogP contribution in [0.2, 0.25) is 0 Å². The molecule has 0 heterocycles. The summed E-state index contributed by atoms with van der Waals surface area (Å²) >= 11 is 0. The Kier molecular flexibility index (Phi) is 4.79. The second-order valence-corrected chi connectivity index (χ2v) is 4.56. The molecule has 1 aliphatic rings. The maximum Gasteiger partial charge on any atom is 0.0542 e. The highest BCUT2D eigenvalue weighted by atomic mass is 16.3. The molecule has 0 aliphatic heterocycles. The number of rotatable bonds is 3. The Morgan fingerprint density at radius 2 is 1.69 bits per heavy atom. The molecule has 13 heavy (non-hydrogen) atoms. The fourth-order valence-corrected chi connectivity index (χ4v) is 2.81. The quantitative estimate of drug-likeness (QED) is 0.667. The van der Waals surface area contributed by atoms with Crippen LogP contribution in [0.1, 0.15) is 58.8 Å². The number of aliphatic hydroxyl groups excluding tert-OH is 1. The van der Waals surface area contributed by atoms with Crippen molar-refractivity contribution in [1.82, 2.24) is 0 Å². The van der Waals surface area contributed by atoms with Crippen molar-refractivity contribution in [3.63, 3.8) is 0 Å². The Balaban J connectivity index is 2.45. The largest absolute Gasteiger partial charge is 0.393 e. The number of aliphatic hydroxyl groups is 1. The number of hydrogen-bond donors (Lipinski definition) is 1. The average molecular weight is 184 g/mol. The van der Waals surface area contributed by atoms with Gasteiger partial charge in [0, 0.05) is 0 Å². The van der Waals surface area contributed by atoms with E-state index in [1.165, 1.54) is 38.5 Å². The molecule has 2 atom stereocenters. The SMILES string of the molecule is CCC(C(C)O)C1CCCCCC1. The van der Waals surface area contributed by atoms with E-state index < -0.39 is 0 Å². The highest BCUT2D eigenvalue weighted by molar-refractivity contribution is 4.75. The molecule has 0 bridgehead atoms. The average Bonchev–Trinajstić information content (AvgIpc) is 2.33. The molecule has 1 fully saturated rings. The molecule has 1 aliphatic carbocycles.